The average molecular weight is 421 g/mol. The Balaban J connectivity index is 2.03. The van der Waals surface area contributed by atoms with Gasteiger partial charge in [0.15, 0.2) is 15.8 Å². The van der Waals surface area contributed by atoms with E-state index < -0.39 is 15.7 Å². The lowest BCUT2D eigenvalue weighted by Gasteiger charge is -2.14. The third-order valence-electron chi connectivity index (χ3n) is 4.13. The molecule has 3 N–H and O–H groups in total. The number of nitrogens with zero attached hydrogens (tertiary/aromatic N) is 1. The lowest BCUT2D eigenvalue weighted by molar-refractivity contribution is 0.0963. The number of hydrogen-bond donors (Lipinski definition) is 3. The molecule has 0 fully saturated rings. The predicted molar refractivity (Wildman–Crippen MR) is 112 cm³/mol. The van der Waals surface area contributed by atoms with Gasteiger partial charge in [0.25, 0.3) is 5.91 Å². The van der Waals surface area contributed by atoms with Gasteiger partial charge in [0, 0.05) is 39.0 Å². The highest BCUT2D eigenvalue weighted by atomic mass is 32.2. The summed E-state index contributed by atoms with van der Waals surface area (Å²) in [5.74, 6) is -0.306. The molecule has 0 unspecified atom stereocenters. The van der Waals surface area contributed by atoms with Crippen LogP contribution in [0.4, 0.5) is 4.39 Å². The standard InChI is InChI=1S/C20H25FN4O3S/c1-22-19(26)15-6-4-5-14(9-15)11-24-20(23-2)25-12-17-10-18(21)8-7-16(17)13-29(3,27)28/h4-10H,11-13H2,1-3H3,(H,22,26)(H2,23,24,25). The number of carbonyl (C=O) groups excluding carboxylic acids is 1. The minimum absolute atomic E-state index is 0.164. The Morgan fingerprint density at radius 1 is 1.07 bits per heavy atom. The van der Waals surface area contributed by atoms with Crippen LogP contribution in [0, 0.1) is 5.82 Å². The summed E-state index contributed by atoms with van der Waals surface area (Å²) in [7, 11) is -0.0756. The quantitative estimate of drug-likeness (QED) is 0.467. The van der Waals surface area contributed by atoms with Crippen molar-refractivity contribution in [2.24, 2.45) is 4.99 Å². The summed E-state index contributed by atoms with van der Waals surface area (Å²) >= 11 is 0. The van der Waals surface area contributed by atoms with Crippen molar-refractivity contribution in [3.8, 4) is 0 Å². The summed E-state index contributed by atoms with van der Waals surface area (Å²) in [6.45, 7) is 0.629. The molecule has 0 heterocycles. The summed E-state index contributed by atoms with van der Waals surface area (Å²) in [6, 6.07) is 11.2. The molecule has 0 bridgehead atoms. The summed E-state index contributed by atoms with van der Waals surface area (Å²) in [4.78, 5) is 15.9. The van der Waals surface area contributed by atoms with Crippen LogP contribution in [-0.2, 0) is 28.7 Å². The van der Waals surface area contributed by atoms with E-state index in [9.17, 15) is 17.6 Å². The fourth-order valence-corrected chi connectivity index (χ4v) is 3.58. The van der Waals surface area contributed by atoms with E-state index in [1.54, 1.807) is 32.3 Å². The SMILES string of the molecule is CN=C(NCc1cccc(C(=O)NC)c1)NCc1cc(F)ccc1CS(C)(=O)=O. The second-order valence-corrected chi connectivity index (χ2v) is 8.68. The number of halogens is 1. The van der Waals surface area contributed by atoms with E-state index in [-0.39, 0.29) is 18.2 Å². The normalized spacial score (nSPS) is 11.8. The van der Waals surface area contributed by atoms with Crippen molar-refractivity contribution >= 4 is 21.7 Å². The van der Waals surface area contributed by atoms with E-state index in [2.05, 4.69) is 20.9 Å². The summed E-state index contributed by atoms with van der Waals surface area (Å²) < 4.78 is 36.9. The third kappa shape index (κ3) is 7.19. The van der Waals surface area contributed by atoms with Gasteiger partial charge >= 0.3 is 0 Å². The molecule has 7 nitrogen and oxygen atoms in total. The van der Waals surface area contributed by atoms with Crippen LogP contribution in [0.3, 0.4) is 0 Å². The molecule has 0 saturated heterocycles. The number of aliphatic imine (C=N–C) groups is 1. The number of guanidine groups is 1. The average Bonchev–Trinajstić information content (AvgIpc) is 2.68. The Kier molecular flexibility index (Phi) is 7.72. The lowest BCUT2D eigenvalue weighted by Crippen LogP contribution is -2.36. The van der Waals surface area contributed by atoms with Crippen molar-refractivity contribution in [1.82, 2.24) is 16.0 Å². The van der Waals surface area contributed by atoms with Crippen LogP contribution in [0.25, 0.3) is 0 Å². The fourth-order valence-electron chi connectivity index (χ4n) is 2.73. The lowest BCUT2D eigenvalue weighted by atomic mass is 10.1. The predicted octanol–water partition coefficient (Wildman–Crippen LogP) is 1.60. The Labute approximate surface area is 170 Å². The van der Waals surface area contributed by atoms with Crippen molar-refractivity contribution in [3.05, 3.63) is 70.5 Å². The molecule has 2 aromatic rings. The van der Waals surface area contributed by atoms with Crippen molar-refractivity contribution in [2.75, 3.05) is 20.4 Å². The first kappa shape index (κ1) is 22.4. The van der Waals surface area contributed by atoms with Gasteiger partial charge in [-0.15, -0.1) is 0 Å². The Bertz CT molecular complexity index is 1010. The maximum atomic E-state index is 13.6. The van der Waals surface area contributed by atoms with Gasteiger partial charge in [-0.3, -0.25) is 9.79 Å². The molecule has 1 amide bonds. The van der Waals surface area contributed by atoms with Gasteiger partial charge in [-0.05, 0) is 41.0 Å². The number of sulfone groups is 1. The summed E-state index contributed by atoms with van der Waals surface area (Å²) in [5, 5.41) is 8.75. The molecular weight excluding hydrogens is 395 g/mol. The Hall–Kier alpha value is -2.94. The van der Waals surface area contributed by atoms with Crippen molar-refractivity contribution < 1.29 is 17.6 Å². The number of rotatable bonds is 7. The molecular formula is C20H25FN4O3S. The zero-order valence-corrected chi connectivity index (χ0v) is 17.4. The number of carbonyl (C=O) groups is 1. The van der Waals surface area contributed by atoms with Crippen LogP contribution in [0.15, 0.2) is 47.5 Å². The molecule has 0 aromatic heterocycles. The van der Waals surface area contributed by atoms with Crippen LogP contribution >= 0.6 is 0 Å². The number of benzene rings is 2. The van der Waals surface area contributed by atoms with Gasteiger partial charge in [-0.25, -0.2) is 12.8 Å². The highest BCUT2D eigenvalue weighted by Crippen LogP contribution is 2.14. The molecule has 9 heteroatoms. The number of hydrogen-bond acceptors (Lipinski definition) is 4. The molecule has 0 radical (unpaired) electrons. The maximum absolute atomic E-state index is 13.6. The largest absolute Gasteiger partial charge is 0.355 e. The molecule has 2 aromatic carbocycles. The van der Waals surface area contributed by atoms with Crippen LogP contribution < -0.4 is 16.0 Å². The molecule has 29 heavy (non-hydrogen) atoms. The van der Waals surface area contributed by atoms with Gasteiger partial charge in [0.2, 0.25) is 0 Å². The van der Waals surface area contributed by atoms with Crippen molar-refractivity contribution in [2.45, 2.75) is 18.8 Å². The first-order chi connectivity index (χ1) is 13.7. The van der Waals surface area contributed by atoms with Crippen LogP contribution in [-0.4, -0.2) is 40.6 Å². The highest BCUT2D eigenvalue weighted by molar-refractivity contribution is 7.89. The smallest absolute Gasteiger partial charge is 0.251 e. The topological polar surface area (TPSA) is 99.7 Å². The molecule has 0 aliphatic carbocycles. The van der Waals surface area contributed by atoms with E-state index >= 15 is 0 Å². The monoisotopic (exact) mass is 420 g/mol. The van der Waals surface area contributed by atoms with Gasteiger partial charge in [0.05, 0.1) is 5.75 Å². The number of amides is 1. The fraction of sp³-hybridized carbons (Fsp3) is 0.300. The summed E-state index contributed by atoms with van der Waals surface area (Å²) in [6.07, 6.45) is 1.14. The molecule has 0 spiro atoms. The van der Waals surface area contributed by atoms with Gasteiger partial charge in [-0.2, -0.15) is 0 Å². The maximum Gasteiger partial charge on any atom is 0.251 e. The first-order valence-electron chi connectivity index (χ1n) is 8.92. The highest BCUT2D eigenvalue weighted by Gasteiger charge is 2.11. The van der Waals surface area contributed by atoms with Crippen LogP contribution in [0.1, 0.15) is 27.0 Å². The molecule has 0 aliphatic heterocycles. The molecule has 156 valence electrons. The zero-order chi connectivity index (χ0) is 21.4. The first-order valence-corrected chi connectivity index (χ1v) is 11.0. The van der Waals surface area contributed by atoms with Crippen molar-refractivity contribution in [3.63, 3.8) is 0 Å². The van der Waals surface area contributed by atoms with Gasteiger partial charge in [0.1, 0.15) is 5.82 Å². The van der Waals surface area contributed by atoms with E-state index in [0.29, 0.717) is 29.2 Å². The van der Waals surface area contributed by atoms with E-state index in [0.717, 1.165) is 11.8 Å². The van der Waals surface area contributed by atoms with Crippen LogP contribution in [0.5, 0.6) is 0 Å². The Morgan fingerprint density at radius 2 is 1.79 bits per heavy atom. The zero-order valence-electron chi connectivity index (χ0n) is 16.6. The minimum atomic E-state index is -3.25. The molecule has 0 saturated carbocycles. The third-order valence-corrected chi connectivity index (χ3v) is 4.97. The second-order valence-electron chi connectivity index (χ2n) is 6.54. The summed E-state index contributed by atoms with van der Waals surface area (Å²) in [5.41, 5.74) is 2.52. The van der Waals surface area contributed by atoms with E-state index in [4.69, 9.17) is 0 Å². The van der Waals surface area contributed by atoms with Gasteiger partial charge < -0.3 is 16.0 Å². The second kappa shape index (κ2) is 10.0. The molecule has 0 aliphatic rings. The minimum Gasteiger partial charge on any atom is -0.355 e. The van der Waals surface area contributed by atoms with Crippen molar-refractivity contribution in [1.29, 1.82) is 0 Å². The van der Waals surface area contributed by atoms with E-state index in [1.807, 2.05) is 6.07 Å². The molecule has 2 rings (SSSR count). The van der Waals surface area contributed by atoms with Crippen LogP contribution in [0.2, 0.25) is 0 Å². The Morgan fingerprint density at radius 3 is 2.45 bits per heavy atom. The molecule has 0 atom stereocenters. The number of nitrogens with one attached hydrogen (secondary N) is 3. The van der Waals surface area contributed by atoms with Gasteiger partial charge in [-0.1, -0.05) is 18.2 Å². The van der Waals surface area contributed by atoms with E-state index in [1.165, 1.54) is 18.2 Å².